The van der Waals surface area contributed by atoms with Crippen LogP contribution in [0.4, 0.5) is 18.9 Å². The highest BCUT2D eigenvalue weighted by molar-refractivity contribution is 6.02. The molecule has 7 nitrogen and oxygen atoms in total. The molecule has 0 spiro atoms. The van der Waals surface area contributed by atoms with Gasteiger partial charge in [-0.25, -0.2) is 18.2 Å². The molecule has 1 aliphatic rings. The average Bonchev–Trinajstić information content (AvgIpc) is 3.54. The number of carbonyl (C=O) groups is 1. The number of halogens is 3. The van der Waals surface area contributed by atoms with E-state index in [1.54, 1.807) is 22.8 Å². The molecule has 10 heteroatoms. The van der Waals surface area contributed by atoms with E-state index in [-0.39, 0.29) is 30.4 Å². The Morgan fingerprint density at radius 2 is 1.91 bits per heavy atom. The van der Waals surface area contributed by atoms with Crippen molar-refractivity contribution in [3.8, 4) is 22.7 Å². The van der Waals surface area contributed by atoms with Crippen LogP contribution in [0.2, 0.25) is 0 Å². The number of rotatable bonds is 5. The quantitative estimate of drug-likeness (QED) is 0.475. The number of alkyl halides is 1. The molecule has 0 radical (unpaired) electrons. The van der Waals surface area contributed by atoms with Gasteiger partial charge < -0.3 is 19.0 Å². The Balaban J connectivity index is 1.53. The van der Waals surface area contributed by atoms with Gasteiger partial charge in [0.1, 0.15) is 17.7 Å². The number of benzene rings is 1. The fourth-order valence-electron chi connectivity index (χ4n) is 3.69. The summed E-state index contributed by atoms with van der Waals surface area (Å²) in [5.41, 5.74) is 1.37. The van der Waals surface area contributed by atoms with Crippen LogP contribution >= 0.6 is 0 Å². The first-order chi connectivity index (χ1) is 16.0. The van der Waals surface area contributed by atoms with Gasteiger partial charge in [0, 0.05) is 11.8 Å². The second-order valence-corrected chi connectivity index (χ2v) is 7.45. The van der Waals surface area contributed by atoms with Gasteiger partial charge in [0.25, 0.3) is 5.91 Å². The lowest BCUT2D eigenvalue weighted by Gasteiger charge is -2.16. The number of hydrogen-bond acceptors (Lipinski definition) is 5. The summed E-state index contributed by atoms with van der Waals surface area (Å²) < 4.78 is 54.4. The summed E-state index contributed by atoms with van der Waals surface area (Å²) in [4.78, 5) is 20.6. The monoisotopic (exact) mass is 454 g/mol. The number of nitrogens with zero attached hydrogens (tertiary/aromatic N) is 3. The zero-order valence-corrected chi connectivity index (χ0v) is 17.0. The number of anilines is 1. The minimum atomic E-state index is -1.26. The minimum Gasteiger partial charge on any atom is -0.449 e. The molecular weight excluding hydrogens is 437 g/mol. The molecule has 4 aromatic rings. The van der Waals surface area contributed by atoms with Crippen LogP contribution in [0, 0.1) is 11.6 Å². The molecule has 2 unspecified atom stereocenters. The smallest absolute Gasteiger partial charge is 0.291 e. The average molecular weight is 454 g/mol. The first-order valence-electron chi connectivity index (χ1n) is 10.1. The lowest BCUT2D eigenvalue weighted by atomic mass is 10.1. The van der Waals surface area contributed by atoms with Gasteiger partial charge in [0.2, 0.25) is 0 Å². The highest BCUT2D eigenvalue weighted by Gasteiger charge is 2.33. The van der Waals surface area contributed by atoms with Gasteiger partial charge in [-0.2, -0.15) is 0 Å². The number of carbonyl (C=O) groups excluding carboxylic acids is 1. The van der Waals surface area contributed by atoms with E-state index < -0.39 is 29.8 Å². The fourth-order valence-corrected chi connectivity index (χ4v) is 3.69. The zero-order valence-electron chi connectivity index (χ0n) is 17.0. The fraction of sp³-hybridized carbons (Fsp3) is 0.174. The summed E-state index contributed by atoms with van der Waals surface area (Å²) in [7, 11) is 0. The van der Waals surface area contributed by atoms with Crippen LogP contribution in [0.15, 0.2) is 65.6 Å². The van der Waals surface area contributed by atoms with Gasteiger partial charge in [-0.15, -0.1) is 0 Å². The van der Waals surface area contributed by atoms with Crippen molar-refractivity contribution >= 4 is 11.6 Å². The second-order valence-electron chi connectivity index (χ2n) is 7.45. The minimum absolute atomic E-state index is 0.0442. The Kier molecular flexibility index (Phi) is 5.43. The highest BCUT2D eigenvalue weighted by atomic mass is 19.1. The van der Waals surface area contributed by atoms with E-state index in [9.17, 15) is 18.0 Å². The molecule has 3 aromatic heterocycles. The number of ether oxygens (including phenoxy) is 1. The van der Waals surface area contributed by atoms with Crippen LogP contribution in [-0.4, -0.2) is 39.8 Å². The summed E-state index contributed by atoms with van der Waals surface area (Å²) in [6, 6.07) is 9.32. The molecule has 5 rings (SSSR count). The summed E-state index contributed by atoms with van der Waals surface area (Å²) >= 11 is 0. The van der Waals surface area contributed by atoms with E-state index in [2.05, 4.69) is 15.3 Å². The van der Waals surface area contributed by atoms with Crippen molar-refractivity contribution in [1.29, 1.82) is 0 Å². The molecule has 1 amide bonds. The van der Waals surface area contributed by atoms with Gasteiger partial charge in [-0.05, 0) is 42.5 Å². The van der Waals surface area contributed by atoms with Gasteiger partial charge >= 0.3 is 0 Å². The molecule has 4 heterocycles. The highest BCUT2D eigenvalue weighted by Crippen LogP contribution is 2.37. The van der Waals surface area contributed by atoms with Crippen molar-refractivity contribution in [2.45, 2.75) is 12.2 Å². The number of imidazole rings is 1. The Hall–Kier alpha value is -3.92. The Morgan fingerprint density at radius 1 is 1.09 bits per heavy atom. The third-order valence-corrected chi connectivity index (χ3v) is 5.34. The maximum atomic E-state index is 14.5. The van der Waals surface area contributed by atoms with E-state index in [1.165, 1.54) is 36.8 Å². The van der Waals surface area contributed by atoms with Crippen molar-refractivity contribution in [1.82, 2.24) is 14.5 Å². The first-order valence-corrected chi connectivity index (χ1v) is 10.1. The molecule has 1 aromatic carbocycles. The van der Waals surface area contributed by atoms with Crippen molar-refractivity contribution in [2.75, 3.05) is 18.5 Å². The molecule has 1 fully saturated rings. The summed E-state index contributed by atoms with van der Waals surface area (Å²) in [5.74, 6) is -1.62. The molecule has 1 N–H and O–H groups in total. The van der Waals surface area contributed by atoms with E-state index in [0.717, 1.165) is 6.20 Å². The Morgan fingerprint density at radius 3 is 2.64 bits per heavy atom. The number of hydrogen-bond donors (Lipinski definition) is 1. The lowest BCUT2D eigenvalue weighted by Crippen LogP contribution is -2.18. The van der Waals surface area contributed by atoms with Crippen molar-refractivity contribution in [3.63, 3.8) is 0 Å². The van der Waals surface area contributed by atoms with Gasteiger partial charge in [0.05, 0.1) is 43.2 Å². The topological polar surface area (TPSA) is 82.2 Å². The molecule has 1 aliphatic heterocycles. The zero-order chi connectivity index (χ0) is 22.9. The molecule has 33 heavy (non-hydrogen) atoms. The normalized spacial score (nSPS) is 17.9. The molecule has 2 atom stereocenters. The number of aromatic nitrogens is 3. The molecule has 0 saturated carbocycles. The predicted molar refractivity (Wildman–Crippen MR) is 112 cm³/mol. The number of furan rings is 1. The van der Waals surface area contributed by atoms with Gasteiger partial charge in [0.15, 0.2) is 17.3 Å². The van der Waals surface area contributed by atoms with Crippen molar-refractivity contribution in [3.05, 3.63) is 78.6 Å². The Bertz CT molecular complexity index is 1300. The van der Waals surface area contributed by atoms with Crippen LogP contribution in [0.25, 0.3) is 22.7 Å². The first kappa shape index (κ1) is 21.0. The van der Waals surface area contributed by atoms with E-state index in [0.29, 0.717) is 17.0 Å². The van der Waals surface area contributed by atoms with Gasteiger partial charge in [-0.3, -0.25) is 9.78 Å². The largest absolute Gasteiger partial charge is 0.449 e. The van der Waals surface area contributed by atoms with Crippen LogP contribution in [0.5, 0.6) is 0 Å². The predicted octanol–water partition coefficient (Wildman–Crippen LogP) is 4.65. The maximum absolute atomic E-state index is 14.5. The van der Waals surface area contributed by atoms with Crippen LogP contribution in [0.3, 0.4) is 0 Å². The standard InChI is InChI=1S/C23H17F3N4O3/c24-14-3-1-13(2-4-14)21-22(30(12-28-21)18-11-32-10-16(18)26)19-5-6-20(33-19)23(31)29-17-7-8-27-9-15(17)25/h1-9,12,16,18H,10-11H2,(H,27,29,31). The summed E-state index contributed by atoms with van der Waals surface area (Å²) in [6.07, 6.45) is 2.53. The Labute approximate surface area is 185 Å². The van der Waals surface area contributed by atoms with Crippen LogP contribution in [-0.2, 0) is 4.74 Å². The van der Waals surface area contributed by atoms with E-state index in [1.807, 2.05) is 0 Å². The van der Waals surface area contributed by atoms with Crippen molar-refractivity contribution < 1.29 is 27.1 Å². The third-order valence-electron chi connectivity index (χ3n) is 5.34. The number of pyridine rings is 1. The molecular formula is C23H17F3N4O3. The second kappa shape index (κ2) is 8.55. The SMILES string of the molecule is O=C(Nc1ccncc1F)c1ccc(-c2c(-c3ccc(F)cc3)ncn2C2COCC2F)o1. The molecule has 168 valence electrons. The van der Waals surface area contributed by atoms with Crippen LogP contribution < -0.4 is 5.32 Å². The molecule has 0 aliphatic carbocycles. The van der Waals surface area contributed by atoms with E-state index >= 15 is 0 Å². The third kappa shape index (κ3) is 4.00. The number of nitrogens with one attached hydrogen (secondary N) is 1. The lowest BCUT2D eigenvalue weighted by molar-refractivity contribution is 0.0997. The molecule has 1 saturated heterocycles. The van der Waals surface area contributed by atoms with Crippen molar-refractivity contribution in [2.24, 2.45) is 0 Å². The molecule has 0 bridgehead atoms. The van der Waals surface area contributed by atoms with Crippen LogP contribution in [0.1, 0.15) is 16.6 Å². The summed E-state index contributed by atoms with van der Waals surface area (Å²) in [6.45, 7) is 0.0975. The van der Waals surface area contributed by atoms with Gasteiger partial charge in [-0.1, -0.05) is 0 Å². The van der Waals surface area contributed by atoms with E-state index in [4.69, 9.17) is 9.15 Å². The summed E-state index contributed by atoms with van der Waals surface area (Å²) in [5, 5.41) is 2.42. The maximum Gasteiger partial charge on any atom is 0.291 e. The number of amides is 1.